The van der Waals surface area contributed by atoms with Gasteiger partial charge in [0.05, 0.1) is 17.8 Å². The van der Waals surface area contributed by atoms with Crippen LogP contribution in [0.4, 0.5) is 4.39 Å². The Morgan fingerprint density at radius 1 is 1.26 bits per heavy atom. The van der Waals surface area contributed by atoms with Crippen molar-refractivity contribution in [2.24, 2.45) is 0 Å². The lowest BCUT2D eigenvalue weighted by atomic mass is 10.1. The lowest BCUT2D eigenvalue weighted by Gasteiger charge is -2.07. The van der Waals surface area contributed by atoms with Gasteiger partial charge in [0.1, 0.15) is 5.82 Å². The molecular formula is C15H17FN2O. The maximum atomic E-state index is 13.7. The molecule has 0 unspecified atom stereocenters. The number of rotatable bonds is 5. The molecule has 19 heavy (non-hydrogen) atoms. The van der Waals surface area contributed by atoms with Crippen LogP contribution in [0.3, 0.4) is 0 Å². The second-order valence-corrected chi connectivity index (χ2v) is 4.38. The molecule has 0 aliphatic rings. The minimum Gasteiger partial charge on any atom is -0.298 e. The summed E-state index contributed by atoms with van der Waals surface area (Å²) in [7, 11) is 0. The lowest BCUT2D eigenvalue weighted by molar-refractivity contribution is 0.112. The molecule has 1 aromatic carbocycles. The molecule has 0 aliphatic carbocycles. The number of hydrogen-bond donors (Lipinski definition) is 0. The maximum absolute atomic E-state index is 13.7. The molecule has 0 N–H and O–H groups in total. The molecule has 2 rings (SSSR count). The van der Waals surface area contributed by atoms with Gasteiger partial charge in [0.15, 0.2) is 6.29 Å². The molecule has 1 aromatic heterocycles. The molecule has 0 aliphatic heterocycles. The molecule has 0 fully saturated rings. The van der Waals surface area contributed by atoms with Crippen LogP contribution in [-0.2, 0) is 19.4 Å². The molecule has 0 amide bonds. The third-order valence-corrected chi connectivity index (χ3v) is 3.24. The standard InChI is InChI=1S/C15H17FN2O/c1-3-14-12(10-19)15(4-2)18(17-14)9-11-7-5-6-8-13(11)16/h5-8,10H,3-4,9H2,1-2H3. The summed E-state index contributed by atoms with van der Waals surface area (Å²) < 4.78 is 15.4. The fourth-order valence-electron chi connectivity index (χ4n) is 2.25. The number of halogens is 1. The average Bonchev–Trinajstić information content (AvgIpc) is 2.78. The van der Waals surface area contributed by atoms with Crippen molar-refractivity contribution >= 4 is 6.29 Å². The Morgan fingerprint density at radius 2 is 2.00 bits per heavy atom. The van der Waals surface area contributed by atoms with E-state index >= 15 is 0 Å². The molecule has 0 saturated heterocycles. The van der Waals surface area contributed by atoms with E-state index in [1.165, 1.54) is 6.07 Å². The SMILES string of the molecule is CCc1nn(Cc2ccccc2F)c(CC)c1C=O. The van der Waals surface area contributed by atoms with Crippen molar-refractivity contribution in [1.82, 2.24) is 9.78 Å². The third kappa shape index (κ3) is 2.57. The molecule has 0 saturated carbocycles. The number of aromatic nitrogens is 2. The van der Waals surface area contributed by atoms with Crippen molar-refractivity contribution in [3.05, 3.63) is 52.6 Å². The largest absolute Gasteiger partial charge is 0.298 e. The number of nitrogens with zero attached hydrogens (tertiary/aromatic N) is 2. The van der Waals surface area contributed by atoms with Gasteiger partial charge >= 0.3 is 0 Å². The van der Waals surface area contributed by atoms with Crippen LogP contribution in [0.1, 0.15) is 41.2 Å². The van der Waals surface area contributed by atoms with E-state index in [0.29, 0.717) is 30.5 Å². The molecule has 100 valence electrons. The van der Waals surface area contributed by atoms with Crippen LogP contribution >= 0.6 is 0 Å². The van der Waals surface area contributed by atoms with Crippen molar-refractivity contribution in [2.75, 3.05) is 0 Å². The summed E-state index contributed by atoms with van der Waals surface area (Å²) in [6.45, 7) is 4.29. The highest BCUT2D eigenvalue weighted by Gasteiger charge is 2.15. The minimum atomic E-state index is -0.245. The molecule has 0 bridgehead atoms. The highest BCUT2D eigenvalue weighted by Crippen LogP contribution is 2.17. The minimum absolute atomic E-state index is 0.245. The zero-order valence-electron chi connectivity index (χ0n) is 11.2. The molecule has 3 nitrogen and oxygen atoms in total. The van der Waals surface area contributed by atoms with Crippen LogP contribution in [0, 0.1) is 5.82 Å². The summed E-state index contributed by atoms with van der Waals surface area (Å²) >= 11 is 0. The van der Waals surface area contributed by atoms with E-state index in [-0.39, 0.29) is 5.82 Å². The van der Waals surface area contributed by atoms with E-state index in [4.69, 9.17) is 0 Å². The first-order valence-electron chi connectivity index (χ1n) is 6.48. The normalized spacial score (nSPS) is 10.7. The van der Waals surface area contributed by atoms with Crippen LogP contribution in [0.15, 0.2) is 24.3 Å². The first-order valence-corrected chi connectivity index (χ1v) is 6.48. The van der Waals surface area contributed by atoms with E-state index in [9.17, 15) is 9.18 Å². The van der Waals surface area contributed by atoms with Gasteiger partial charge in [-0.05, 0) is 18.9 Å². The van der Waals surface area contributed by atoms with Gasteiger partial charge in [0.25, 0.3) is 0 Å². The predicted molar refractivity (Wildman–Crippen MR) is 71.9 cm³/mol. The smallest absolute Gasteiger partial charge is 0.153 e. The molecule has 4 heteroatoms. The predicted octanol–water partition coefficient (Wildman–Crippen LogP) is 3.01. The average molecular weight is 260 g/mol. The van der Waals surface area contributed by atoms with Crippen LogP contribution in [-0.4, -0.2) is 16.1 Å². The first-order chi connectivity index (χ1) is 9.21. The van der Waals surface area contributed by atoms with Crippen molar-refractivity contribution in [1.29, 1.82) is 0 Å². The van der Waals surface area contributed by atoms with Crippen molar-refractivity contribution in [2.45, 2.75) is 33.2 Å². The molecule has 0 radical (unpaired) electrons. The monoisotopic (exact) mass is 260 g/mol. The van der Waals surface area contributed by atoms with Crippen LogP contribution in [0.2, 0.25) is 0 Å². The number of aldehydes is 1. The topological polar surface area (TPSA) is 34.9 Å². The molecule has 2 aromatic rings. The van der Waals surface area contributed by atoms with Gasteiger partial charge in [0.2, 0.25) is 0 Å². The molecule has 0 spiro atoms. The zero-order valence-corrected chi connectivity index (χ0v) is 11.2. The van der Waals surface area contributed by atoms with E-state index in [0.717, 1.165) is 17.7 Å². The van der Waals surface area contributed by atoms with Crippen LogP contribution in [0.25, 0.3) is 0 Å². The van der Waals surface area contributed by atoms with Gasteiger partial charge in [0, 0.05) is 11.3 Å². The summed E-state index contributed by atoms with van der Waals surface area (Å²) in [5.74, 6) is -0.245. The molecular weight excluding hydrogens is 243 g/mol. The van der Waals surface area contributed by atoms with E-state index < -0.39 is 0 Å². The van der Waals surface area contributed by atoms with Crippen LogP contribution in [0.5, 0.6) is 0 Å². The quantitative estimate of drug-likeness (QED) is 0.775. The third-order valence-electron chi connectivity index (χ3n) is 3.24. The Hall–Kier alpha value is -1.97. The van der Waals surface area contributed by atoms with Crippen molar-refractivity contribution in [3.63, 3.8) is 0 Å². The fourth-order valence-corrected chi connectivity index (χ4v) is 2.25. The number of aryl methyl sites for hydroxylation is 1. The van der Waals surface area contributed by atoms with Gasteiger partial charge in [-0.15, -0.1) is 0 Å². The van der Waals surface area contributed by atoms with E-state index in [1.54, 1.807) is 22.9 Å². The lowest BCUT2D eigenvalue weighted by Crippen LogP contribution is -2.08. The number of hydrogen-bond acceptors (Lipinski definition) is 2. The molecule has 1 heterocycles. The van der Waals surface area contributed by atoms with Crippen molar-refractivity contribution in [3.8, 4) is 0 Å². The Morgan fingerprint density at radius 3 is 2.58 bits per heavy atom. The van der Waals surface area contributed by atoms with Gasteiger partial charge in [-0.1, -0.05) is 32.0 Å². The second-order valence-electron chi connectivity index (χ2n) is 4.38. The second kappa shape index (κ2) is 5.78. The van der Waals surface area contributed by atoms with Crippen LogP contribution < -0.4 is 0 Å². The zero-order chi connectivity index (χ0) is 13.8. The van der Waals surface area contributed by atoms with Gasteiger partial charge in [-0.3, -0.25) is 9.48 Å². The Bertz CT molecular complexity index is 590. The molecule has 0 atom stereocenters. The number of carbonyl (C=O) groups excluding carboxylic acids is 1. The van der Waals surface area contributed by atoms with Gasteiger partial charge < -0.3 is 0 Å². The number of carbonyl (C=O) groups is 1. The Balaban J connectivity index is 2.43. The summed E-state index contributed by atoms with van der Waals surface area (Å²) in [5.41, 5.74) is 2.89. The van der Waals surface area contributed by atoms with E-state index in [1.807, 2.05) is 13.8 Å². The Kier molecular flexibility index (Phi) is 4.10. The van der Waals surface area contributed by atoms with Crippen molar-refractivity contribution < 1.29 is 9.18 Å². The fraction of sp³-hybridized carbons (Fsp3) is 0.333. The summed E-state index contributed by atoms with van der Waals surface area (Å²) in [6.07, 6.45) is 2.25. The highest BCUT2D eigenvalue weighted by molar-refractivity contribution is 5.78. The van der Waals surface area contributed by atoms with E-state index in [2.05, 4.69) is 5.10 Å². The first kappa shape index (κ1) is 13.5. The number of benzene rings is 1. The highest BCUT2D eigenvalue weighted by atomic mass is 19.1. The Labute approximate surface area is 112 Å². The van der Waals surface area contributed by atoms with Gasteiger partial charge in [-0.2, -0.15) is 5.10 Å². The van der Waals surface area contributed by atoms with Gasteiger partial charge in [-0.25, -0.2) is 4.39 Å². The summed E-state index contributed by atoms with van der Waals surface area (Å²) in [5, 5.41) is 4.43. The maximum Gasteiger partial charge on any atom is 0.153 e. The summed E-state index contributed by atoms with van der Waals surface area (Å²) in [4.78, 5) is 11.2. The summed E-state index contributed by atoms with van der Waals surface area (Å²) in [6, 6.07) is 6.64.